The first kappa shape index (κ1) is 13.9. The minimum atomic E-state index is 0.276. The maximum atomic E-state index is 5.92. The van der Waals surface area contributed by atoms with Crippen LogP contribution in [-0.4, -0.2) is 45.6 Å². The van der Waals surface area contributed by atoms with E-state index in [4.69, 9.17) is 14.2 Å². The van der Waals surface area contributed by atoms with Gasteiger partial charge in [0, 0.05) is 0 Å². The third-order valence-electron chi connectivity index (χ3n) is 4.00. The summed E-state index contributed by atoms with van der Waals surface area (Å²) in [7, 11) is 0. The van der Waals surface area contributed by atoms with Crippen LogP contribution in [0, 0.1) is 0 Å². The van der Waals surface area contributed by atoms with Crippen LogP contribution in [0.4, 0.5) is 0 Å². The summed E-state index contributed by atoms with van der Waals surface area (Å²) in [6.45, 7) is 4.90. The van der Waals surface area contributed by atoms with E-state index in [-0.39, 0.29) is 6.10 Å². The minimum absolute atomic E-state index is 0.276. The van der Waals surface area contributed by atoms with Crippen molar-refractivity contribution >= 4 is 0 Å². The highest BCUT2D eigenvalue weighted by Crippen LogP contribution is 2.32. The van der Waals surface area contributed by atoms with Gasteiger partial charge in [0.1, 0.15) is 18.5 Å². The van der Waals surface area contributed by atoms with Crippen LogP contribution >= 0.6 is 0 Å². The van der Waals surface area contributed by atoms with Crippen molar-refractivity contribution in [3.63, 3.8) is 0 Å². The number of rotatable bonds is 6. The second-order valence-corrected chi connectivity index (χ2v) is 5.44. The zero-order chi connectivity index (χ0) is 13.6. The summed E-state index contributed by atoms with van der Waals surface area (Å²) in [6, 6.07) is 8.42. The van der Waals surface area contributed by atoms with Gasteiger partial charge in [-0.1, -0.05) is 18.2 Å². The van der Waals surface area contributed by atoms with E-state index in [2.05, 4.69) is 23.5 Å². The highest BCUT2D eigenvalue weighted by Gasteiger charge is 2.20. The lowest BCUT2D eigenvalue weighted by Crippen LogP contribution is -2.37. The predicted octanol–water partition coefficient (Wildman–Crippen LogP) is 1.95. The van der Waals surface area contributed by atoms with Gasteiger partial charge in [-0.2, -0.15) is 0 Å². The summed E-state index contributed by atoms with van der Waals surface area (Å²) in [5, 5.41) is 3.41. The van der Waals surface area contributed by atoms with Crippen LogP contribution in [0.15, 0.2) is 24.3 Å². The molecule has 0 saturated carbocycles. The molecule has 4 nitrogen and oxygen atoms in total. The van der Waals surface area contributed by atoms with Gasteiger partial charge < -0.3 is 19.5 Å². The molecule has 2 heterocycles. The topological polar surface area (TPSA) is 39.7 Å². The Morgan fingerprint density at radius 3 is 2.65 bits per heavy atom. The molecule has 0 bridgehead atoms. The van der Waals surface area contributed by atoms with Crippen molar-refractivity contribution in [1.29, 1.82) is 0 Å². The van der Waals surface area contributed by atoms with Gasteiger partial charge in [-0.25, -0.2) is 0 Å². The molecule has 0 unspecified atom stereocenters. The lowest BCUT2D eigenvalue weighted by molar-refractivity contribution is -0.132. The third kappa shape index (κ3) is 3.51. The molecule has 0 aliphatic carbocycles. The number of hydrogen-bond acceptors (Lipinski definition) is 4. The van der Waals surface area contributed by atoms with Crippen molar-refractivity contribution in [2.24, 2.45) is 0 Å². The van der Waals surface area contributed by atoms with Crippen molar-refractivity contribution in [2.45, 2.75) is 24.9 Å². The zero-order valence-corrected chi connectivity index (χ0v) is 11.8. The van der Waals surface area contributed by atoms with E-state index in [0.717, 1.165) is 32.1 Å². The lowest BCUT2D eigenvalue weighted by atomic mass is 9.89. The number of ether oxygens (including phenoxy) is 3. The average molecular weight is 277 g/mol. The van der Waals surface area contributed by atoms with Crippen LogP contribution in [0.3, 0.4) is 0 Å². The van der Waals surface area contributed by atoms with Crippen LogP contribution in [0.2, 0.25) is 0 Å². The van der Waals surface area contributed by atoms with Crippen LogP contribution in [0.25, 0.3) is 0 Å². The fourth-order valence-electron chi connectivity index (χ4n) is 2.76. The van der Waals surface area contributed by atoms with Gasteiger partial charge in [0.05, 0.1) is 19.8 Å². The molecule has 0 aromatic heterocycles. The maximum absolute atomic E-state index is 5.92. The Morgan fingerprint density at radius 2 is 1.90 bits per heavy atom. The molecule has 2 saturated heterocycles. The Kier molecular flexibility index (Phi) is 4.90. The van der Waals surface area contributed by atoms with E-state index >= 15 is 0 Å². The maximum Gasteiger partial charge on any atom is 0.122 e. The summed E-state index contributed by atoms with van der Waals surface area (Å²) >= 11 is 0. The smallest absolute Gasteiger partial charge is 0.122 e. The van der Waals surface area contributed by atoms with E-state index in [9.17, 15) is 0 Å². The van der Waals surface area contributed by atoms with Gasteiger partial charge >= 0.3 is 0 Å². The molecular formula is C16H23NO3. The van der Waals surface area contributed by atoms with Gasteiger partial charge in [0.2, 0.25) is 0 Å². The summed E-state index contributed by atoms with van der Waals surface area (Å²) in [5.41, 5.74) is 1.35. The quantitative estimate of drug-likeness (QED) is 0.807. The van der Waals surface area contributed by atoms with E-state index < -0.39 is 0 Å². The molecule has 2 aliphatic rings. The van der Waals surface area contributed by atoms with Crippen molar-refractivity contribution in [3.05, 3.63) is 29.8 Å². The zero-order valence-electron chi connectivity index (χ0n) is 11.8. The van der Waals surface area contributed by atoms with Gasteiger partial charge in [-0.3, -0.25) is 0 Å². The van der Waals surface area contributed by atoms with Crippen LogP contribution in [0.1, 0.15) is 24.3 Å². The van der Waals surface area contributed by atoms with Gasteiger partial charge in [0.15, 0.2) is 0 Å². The second kappa shape index (κ2) is 7.07. The molecular weight excluding hydrogens is 254 g/mol. The van der Waals surface area contributed by atoms with E-state index in [1.807, 2.05) is 6.07 Å². The van der Waals surface area contributed by atoms with E-state index in [0.29, 0.717) is 19.1 Å². The highest BCUT2D eigenvalue weighted by molar-refractivity contribution is 5.36. The van der Waals surface area contributed by atoms with Crippen molar-refractivity contribution < 1.29 is 14.2 Å². The Hall–Kier alpha value is -1.10. The van der Waals surface area contributed by atoms with Crippen LogP contribution in [-0.2, 0) is 9.47 Å². The Morgan fingerprint density at radius 1 is 1.10 bits per heavy atom. The molecule has 110 valence electrons. The molecule has 1 aromatic rings. The predicted molar refractivity (Wildman–Crippen MR) is 77.3 cm³/mol. The van der Waals surface area contributed by atoms with Crippen LogP contribution in [0.5, 0.6) is 5.75 Å². The first-order valence-electron chi connectivity index (χ1n) is 7.55. The number of para-hydroxylation sites is 1. The lowest BCUT2D eigenvalue weighted by Gasteiger charge is -2.27. The summed E-state index contributed by atoms with van der Waals surface area (Å²) in [5.74, 6) is 1.64. The molecule has 20 heavy (non-hydrogen) atoms. The van der Waals surface area contributed by atoms with Gasteiger partial charge in [-0.15, -0.1) is 0 Å². The van der Waals surface area contributed by atoms with Gasteiger partial charge in [0.25, 0.3) is 0 Å². The average Bonchev–Trinajstić information content (AvgIpc) is 2.46. The molecule has 1 aromatic carbocycles. The number of nitrogens with one attached hydrogen (secondary N) is 1. The number of hydrogen-bond donors (Lipinski definition) is 1. The SMILES string of the molecule is c1ccc(C2CCNCC2)c(OCCOC2COC2)c1. The Bertz CT molecular complexity index is 414. The van der Waals surface area contributed by atoms with Gasteiger partial charge in [-0.05, 0) is 43.5 Å². The summed E-state index contributed by atoms with van der Waals surface area (Å²) in [4.78, 5) is 0. The van der Waals surface area contributed by atoms with Crippen molar-refractivity contribution in [1.82, 2.24) is 5.32 Å². The summed E-state index contributed by atoms with van der Waals surface area (Å²) in [6.07, 6.45) is 2.66. The molecule has 0 radical (unpaired) electrons. The fourth-order valence-corrected chi connectivity index (χ4v) is 2.76. The molecule has 2 aliphatic heterocycles. The molecule has 0 atom stereocenters. The largest absolute Gasteiger partial charge is 0.491 e. The normalized spacial score (nSPS) is 20.6. The molecule has 0 amide bonds. The molecule has 3 rings (SSSR count). The molecule has 4 heteroatoms. The molecule has 0 spiro atoms. The van der Waals surface area contributed by atoms with Crippen molar-refractivity contribution in [3.8, 4) is 5.75 Å². The fraction of sp³-hybridized carbons (Fsp3) is 0.625. The number of benzene rings is 1. The first-order valence-corrected chi connectivity index (χ1v) is 7.55. The molecule has 1 N–H and O–H groups in total. The second-order valence-electron chi connectivity index (χ2n) is 5.44. The minimum Gasteiger partial charge on any atom is -0.491 e. The number of piperidine rings is 1. The summed E-state index contributed by atoms with van der Waals surface area (Å²) < 4.78 is 16.6. The highest BCUT2D eigenvalue weighted by atomic mass is 16.6. The van der Waals surface area contributed by atoms with Crippen LogP contribution < -0.4 is 10.1 Å². The third-order valence-corrected chi connectivity index (χ3v) is 4.00. The van der Waals surface area contributed by atoms with Crippen molar-refractivity contribution in [2.75, 3.05) is 39.5 Å². The molecule has 2 fully saturated rings. The Labute approximate surface area is 120 Å². The Balaban J connectivity index is 1.51. The van der Waals surface area contributed by atoms with E-state index in [1.54, 1.807) is 0 Å². The monoisotopic (exact) mass is 277 g/mol. The first-order chi connectivity index (χ1) is 9.93. The van der Waals surface area contributed by atoms with E-state index in [1.165, 1.54) is 18.4 Å². The standard InChI is InChI=1S/C16H23NO3/c1-2-4-16(20-10-9-19-14-11-18-12-14)15(3-1)13-5-7-17-8-6-13/h1-4,13-14,17H,5-12H2.